The number of aliphatic carboxylic acids is 1. The molecule has 0 radical (unpaired) electrons. The Bertz CT molecular complexity index is 540. The van der Waals surface area contributed by atoms with E-state index >= 15 is 0 Å². The molecule has 1 N–H and O–H groups in total. The molecule has 1 fully saturated rings. The number of hydrogen-bond donors (Lipinski definition) is 1. The van der Waals surface area contributed by atoms with Crippen LogP contribution in [-0.4, -0.2) is 32.7 Å². The van der Waals surface area contributed by atoms with Gasteiger partial charge in [-0.1, -0.05) is 54.3 Å². The third kappa shape index (κ3) is 2.77. The number of carboxylic acid groups (broad SMARTS) is 1. The Morgan fingerprint density at radius 2 is 2.06 bits per heavy atom. The van der Waals surface area contributed by atoms with Crippen molar-refractivity contribution < 1.29 is 14.7 Å². The quantitative estimate of drug-likeness (QED) is 0.677. The number of thioether (sulfide) groups is 1. The first-order valence-corrected chi connectivity index (χ1v) is 6.32. The summed E-state index contributed by atoms with van der Waals surface area (Å²) < 4.78 is 0.282. The van der Waals surface area contributed by atoms with Crippen LogP contribution >= 0.6 is 24.0 Å². The molecule has 1 aliphatic heterocycles. The maximum absolute atomic E-state index is 11.9. The average molecular weight is 279 g/mol. The van der Waals surface area contributed by atoms with Gasteiger partial charge in [-0.25, -0.2) is 0 Å². The van der Waals surface area contributed by atoms with Gasteiger partial charge in [0, 0.05) is 0 Å². The van der Waals surface area contributed by atoms with E-state index in [-0.39, 0.29) is 10.2 Å². The number of hydrogen-bond acceptors (Lipinski definition) is 4. The molecule has 6 heteroatoms. The lowest BCUT2D eigenvalue weighted by atomic mass is 10.2. The maximum Gasteiger partial charge on any atom is 0.323 e. The number of carboxylic acids is 1. The average Bonchev–Trinajstić information content (AvgIpc) is 2.58. The molecule has 1 amide bonds. The van der Waals surface area contributed by atoms with Crippen molar-refractivity contribution in [2.24, 2.45) is 0 Å². The Labute approximate surface area is 113 Å². The summed E-state index contributed by atoms with van der Waals surface area (Å²) in [6.45, 7) is -0.392. The van der Waals surface area contributed by atoms with Crippen LogP contribution in [0.5, 0.6) is 0 Å². The van der Waals surface area contributed by atoms with E-state index in [2.05, 4.69) is 0 Å². The number of thiocarbonyl (C=S) groups is 1. The number of carbonyl (C=O) groups is 2. The maximum atomic E-state index is 11.9. The topological polar surface area (TPSA) is 57.6 Å². The van der Waals surface area contributed by atoms with Crippen LogP contribution < -0.4 is 0 Å². The predicted molar refractivity (Wildman–Crippen MR) is 74.0 cm³/mol. The Balaban J connectivity index is 2.23. The molecule has 0 unspecified atom stereocenters. The van der Waals surface area contributed by atoms with E-state index in [1.165, 1.54) is 0 Å². The summed E-state index contributed by atoms with van der Waals surface area (Å²) in [5.74, 6) is -1.43. The molecule has 1 aliphatic rings. The highest BCUT2D eigenvalue weighted by molar-refractivity contribution is 8.26. The summed E-state index contributed by atoms with van der Waals surface area (Å²) in [5, 5.41) is 8.70. The normalized spacial score (nSPS) is 17.6. The molecule has 2 rings (SSSR count). The second-order valence-electron chi connectivity index (χ2n) is 3.57. The van der Waals surface area contributed by atoms with Crippen molar-refractivity contribution in [3.63, 3.8) is 0 Å². The molecule has 4 nitrogen and oxygen atoms in total. The van der Waals surface area contributed by atoms with Crippen LogP contribution in [0.1, 0.15) is 5.56 Å². The molecule has 0 aliphatic carbocycles. The second-order valence-corrected chi connectivity index (χ2v) is 5.25. The zero-order valence-electron chi connectivity index (χ0n) is 9.20. The third-order valence-corrected chi connectivity index (χ3v) is 3.64. The highest BCUT2D eigenvalue weighted by Crippen LogP contribution is 2.32. The lowest BCUT2D eigenvalue weighted by Gasteiger charge is -2.10. The van der Waals surface area contributed by atoms with E-state index in [9.17, 15) is 9.59 Å². The lowest BCUT2D eigenvalue weighted by Crippen LogP contribution is -2.33. The molecule has 0 bridgehead atoms. The van der Waals surface area contributed by atoms with Gasteiger partial charge in [-0.3, -0.25) is 14.5 Å². The first-order valence-electron chi connectivity index (χ1n) is 5.10. The molecular formula is C12H9NO3S2. The minimum Gasteiger partial charge on any atom is -0.480 e. The van der Waals surface area contributed by atoms with E-state index in [0.717, 1.165) is 22.2 Å². The van der Waals surface area contributed by atoms with Gasteiger partial charge in [0.15, 0.2) is 0 Å². The van der Waals surface area contributed by atoms with Crippen molar-refractivity contribution >= 4 is 46.3 Å². The summed E-state index contributed by atoms with van der Waals surface area (Å²) >= 11 is 6.12. The second kappa shape index (κ2) is 5.32. The summed E-state index contributed by atoms with van der Waals surface area (Å²) in [4.78, 5) is 24.1. The highest BCUT2D eigenvalue weighted by atomic mass is 32.2. The standard InChI is InChI=1S/C12H9NO3S2/c14-10(15)7-13-11(16)9(18-12(13)17)6-8-4-2-1-3-5-8/h1-6H,7H2,(H,14,15)/b9-6-. The molecule has 1 saturated heterocycles. The van der Waals surface area contributed by atoms with Crippen LogP contribution in [0.4, 0.5) is 0 Å². The van der Waals surface area contributed by atoms with Crippen molar-refractivity contribution in [1.29, 1.82) is 0 Å². The first kappa shape index (κ1) is 12.8. The molecule has 18 heavy (non-hydrogen) atoms. The van der Waals surface area contributed by atoms with E-state index in [4.69, 9.17) is 17.3 Å². The summed E-state index contributed by atoms with van der Waals surface area (Å²) in [5.41, 5.74) is 0.883. The van der Waals surface area contributed by atoms with Crippen LogP contribution in [-0.2, 0) is 9.59 Å². The predicted octanol–water partition coefficient (Wildman–Crippen LogP) is 1.97. The van der Waals surface area contributed by atoms with E-state index < -0.39 is 12.5 Å². The molecule has 92 valence electrons. The van der Waals surface area contributed by atoms with Crippen molar-refractivity contribution in [1.82, 2.24) is 4.90 Å². The Morgan fingerprint density at radius 1 is 1.39 bits per heavy atom. The third-order valence-electron chi connectivity index (χ3n) is 2.26. The van der Waals surface area contributed by atoms with Gasteiger partial charge in [0.05, 0.1) is 4.91 Å². The van der Waals surface area contributed by atoms with Crippen LogP contribution in [0, 0.1) is 0 Å². The van der Waals surface area contributed by atoms with Crippen molar-refractivity contribution in [3.8, 4) is 0 Å². The minimum atomic E-state index is -1.08. The Morgan fingerprint density at radius 3 is 2.67 bits per heavy atom. The number of rotatable bonds is 3. The van der Waals surface area contributed by atoms with Gasteiger partial charge in [-0.05, 0) is 11.6 Å². The number of benzene rings is 1. The Kier molecular flexibility index (Phi) is 3.78. The minimum absolute atomic E-state index is 0.282. The fourth-order valence-electron chi connectivity index (χ4n) is 1.47. The SMILES string of the molecule is O=C(O)CN1C(=O)/C(=C/c2ccccc2)SC1=S. The summed E-state index contributed by atoms with van der Waals surface area (Å²) in [7, 11) is 0. The highest BCUT2D eigenvalue weighted by Gasteiger charge is 2.33. The van der Waals surface area contributed by atoms with Crippen LogP contribution in [0.15, 0.2) is 35.2 Å². The molecule has 0 saturated carbocycles. The van der Waals surface area contributed by atoms with Crippen molar-refractivity contribution in [2.45, 2.75) is 0 Å². The molecule has 0 atom stereocenters. The number of nitrogens with zero attached hydrogens (tertiary/aromatic N) is 1. The fourth-order valence-corrected chi connectivity index (χ4v) is 2.73. The molecule has 0 spiro atoms. The van der Waals surface area contributed by atoms with Gasteiger partial charge < -0.3 is 5.11 Å². The van der Waals surface area contributed by atoms with Crippen LogP contribution in [0.25, 0.3) is 6.08 Å². The molecule has 1 aromatic carbocycles. The van der Waals surface area contributed by atoms with Crippen molar-refractivity contribution in [3.05, 3.63) is 40.8 Å². The van der Waals surface area contributed by atoms with Crippen LogP contribution in [0.3, 0.4) is 0 Å². The van der Waals surface area contributed by atoms with E-state index in [1.54, 1.807) is 6.08 Å². The number of carbonyl (C=O) groups excluding carboxylic acids is 1. The Hall–Kier alpha value is -1.66. The van der Waals surface area contributed by atoms with E-state index in [1.807, 2.05) is 30.3 Å². The smallest absolute Gasteiger partial charge is 0.323 e. The first-order chi connectivity index (χ1) is 8.58. The lowest BCUT2D eigenvalue weighted by molar-refractivity contribution is -0.140. The van der Waals surface area contributed by atoms with Gasteiger partial charge in [0.25, 0.3) is 5.91 Å². The van der Waals surface area contributed by atoms with E-state index in [0.29, 0.717) is 4.91 Å². The monoisotopic (exact) mass is 279 g/mol. The zero-order valence-corrected chi connectivity index (χ0v) is 10.8. The largest absolute Gasteiger partial charge is 0.480 e. The van der Waals surface area contributed by atoms with Gasteiger partial charge in [-0.2, -0.15) is 0 Å². The summed E-state index contributed by atoms with van der Waals surface area (Å²) in [6, 6.07) is 9.34. The molecule has 1 heterocycles. The summed E-state index contributed by atoms with van der Waals surface area (Å²) in [6.07, 6.45) is 1.71. The van der Waals surface area contributed by atoms with Gasteiger partial charge in [-0.15, -0.1) is 0 Å². The number of amides is 1. The van der Waals surface area contributed by atoms with Gasteiger partial charge in [0.2, 0.25) is 0 Å². The van der Waals surface area contributed by atoms with Crippen molar-refractivity contribution in [2.75, 3.05) is 6.54 Å². The van der Waals surface area contributed by atoms with Gasteiger partial charge >= 0.3 is 5.97 Å². The molecule has 0 aromatic heterocycles. The molecular weight excluding hydrogens is 270 g/mol. The van der Waals surface area contributed by atoms with Gasteiger partial charge in [0.1, 0.15) is 10.9 Å². The molecule has 1 aromatic rings. The fraction of sp³-hybridized carbons (Fsp3) is 0.0833. The zero-order chi connectivity index (χ0) is 13.1. The van der Waals surface area contributed by atoms with Crippen LogP contribution in [0.2, 0.25) is 0 Å².